The molecule has 2 heterocycles. The highest BCUT2D eigenvalue weighted by atomic mass is 127. The summed E-state index contributed by atoms with van der Waals surface area (Å²) in [6.45, 7) is 2.90. The van der Waals surface area contributed by atoms with Crippen molar-refractivity contribution in [3.8, 4) is 0 Å². The first kappa shape index (κ1) is 30.4. The van der Waals surface area contributed by atoms with Crippen LogP contribution in [-0.4, -0.2) is 68.5 Å². The zero-order valence-corrected chi connectivity index (χ0v) is 25.1. The Balaban J connectivity index is 1.39. The van der Waals surface area contributed by atoms with E-state index < -0.39 is 65.1 Å². The third-order valence-electron chi connectivity index (χ3n) is 6.38. The van der Waals surface area contributed by atoms with Gasteiger partial charge in [-0.25, -0.2) is 14.4 Å². The first-order valence-corrected chi connectivity index (χ1v) is 14.9. The summed E-state index contributed by atoms with van der Waals surface area (Å²) in [5, 5.41) is 4.76. The fraction of sp³-hybridized carbons (Fsp3) is 0.370. The normalized spacial score (nSPS) is 21.0. The summed E-state index contributed by atoms with van der Waals surface area (Å²) in [6, 6.07) is 14.6. The second-order valence-corrected chi connectivity index (χ2v) is 11.9. The average molecular weight is 698 g/mol. The number of nitrogens with zero attached hydrogens (tertiary/aromatic N) is 1. The number of carbonyl (C=O) groups excluding carboxylic acids is 5. The third-order valence-corrected chi connectivity index (χ3v) is 8.27. The number of carbonyl (C=O) groups is 5. The van der Waals surface area contributed by atoms with E-state index in [0.29, 0.717) is 5.56 Å². The second-order valence-electron chi connectivity index (χ2n) is 9.52. The quantitative estimate of drug-likeness (QED) is 0.0947. The second kappa shape index (κ2) is 13.4. The van der Waals surface area contributed by atoms with Crippen LogP contribution < -0.4 is 10.6 Å². The molecule has 0 aromatic heterocycles. The van der Waals surface area contributed by atoms with Crippen molar-refractivity contribution < 1.29 is 42.9 Å². The summed E-state index contributed by atoms with van der Waals surface area (Å²) in [6.07, 6.45) is -1.79. The van der Waals surface area contributed by atoms with Gasteiger partial charge in [0, 0.05) is 4.75 Å². The molecule has 2 aromatic rings. The highest BCUT2D eigenvalue weighted by Crippen LogP contribution is 2.51. The first-order chi connectivity index (χ1) is 19.6. The fourth-order valence-corrected chi connectivity index (χ4v) is 6.37. The Morgan fingerprint density at radius 3 is 2.29 bits per heavy atom. The van der Waals surface area contributed by atoms with Gasteiger partial charge in [-0.1, -0.05) is 60.7 Å². The molecule has 2 saturated heterocycles. The van der Waals surface area contributed by atoms with Gasteiger partial charge in [-0.05, 0) is 47.6 Å². The van der Waals surface area contributed by atoms with Gasteiger partial charge >= 0.3 is 18.2 Å². The SMILES string of the molecule is CC1(C)S[C@@H]2[C@H](NC(=O)C(NC(=O)OCc3ccccc3)c3ccccc3)C(=O)N2[C@H]1C(=O)OCOC(=O)OCI. The number of ether oxygens (including phenoxy) is 4. The molecule has 2 fully saturated rings. The zero-order valence-electron chi connectivity index (χ0n) is 22.1. The number of hydrogen-bond donors (Lipinski definition) is 2. The van der Waals surface area contributed by atoms with E-state index in [1.807, 2.05) is 40.8 Å². The van der Waals surface area contributed by atoms with Gasteiger partial charge in [-0.2, -0.15) is 0 Å². The van der Waals surface area contributed by atoms with Crippen molar-refractivity contribution in [2.75, 3.05) is 11.4 Å². The van der Waals surface area contributed by atoms with E-state index >= 15 is 0 Å². The molecule has 2 aromatic carbocycles. The molecule has 14 heteroatoms. The Bertz CT molecular complexity index is 1280. The number of esters is 1. The van der Waals surface area contributed by atoms with Gasteiger partial charge < -0.3 is 34.5 Å². The van der Waals surface area contributed by atoms with Crippen molar-refractivity contribution >= 4 is 64.4 Å². The fourth-order valence-electron chi connectivity index (χ4n) is 4.49. The number of alkyl carbamates (subject to hydrolysis) is 1. The molecule has 4 atom stereocenters. The van der Waals surface area contributed by atoms with Crippen molar-refractivity contribution in [1.29, 1.82) is 0 Å². The lowest BCUT2D eigenvalue weighted by Gasteiger charge is -2.44. The Labute approximate surface area is 253 Å². The molecule has 2 aliphatic heterocycles. The van der Waals surface area contributed by atoms with Crippen LogP contribution in [0, 0.1) is 0 Å². The topological polar surface area (TPSA) is 150 Å². The number of rotatable bonds is 10. The van der Waals surface area contributed by atoms with Gasteiger partial charge in [0.25, 0.3) is 0 Å². The number of nitrogens with one attached hydrogen (secondary N) is 2. The molecular weight excluding hydrogens is 669 g/mol. The molecule has 0 radical (unpaired) electrons. The van der Waals surface area contributed by atoms with Gasteiger partial charge in [0.15, 0.2) is 0 Å². The highest BCUT2D eigenvalue weighted by Gasteiger charge is 2.64. The molecule has 0 saturated carbocycles. The van der Waals surface area contributed by atoms with Crippen LogP contribution in [0.15, 0.2) is 60.7 Å². The summed E-state index contributed by atoms with van der Waals surface area (Å²) in [4.78, 5) is 64.7. The average Bonchev–Trinajstić information content (AvgIpc) is 3.22. The van der Waals surface area contributed by atoms with Gasteiger partial charge in [0.05, 0.1) is 0 Å². The van der Waals surface area contributed by atoms with Crippen LogP contribution in [0.25, 0.3) is 0 Å². The van der Waals surface area contributed by atoms with Crippen molar-refractivity contribution in [3.63, 3.8) is 0 Å². The Morgan fingerprint density at radius 2 is 1.63 bits per heavy atom. The highest BCUT2D eigenvalue weighted by molar-refractivity contribution is 14.1. The van der Waals surface area contributed by atoms with Crippen LogP contribution in [0.4, 0.5) is 9.59 Å². The number of benzene rings is 2. The minimum atomic E-state index is -1.14. The lowest BCUT2D eigenvalue weighted by atomic mass is 9.95. The van der Waals surface area contributed by atoms with Crippen LogP contribution in [0.2, 0.25) is 0 Å². The minimum Gasteiger partial charge on any atom is -0.445 e. The van der Waals surface area contributed by atoms with Crippen LogP contribution in [0.3, 0.4) is 0 Å². The molecule has 0 spiro atoms. The van der Waals surface area contributed by atoms with E-state index in [1.165, 1.54) is 16.7 Å². The monoisotopic (exact) mass is 697 g/mol. The van der Waals surface area contributed by atoms with Gasteiger partial charge in [-0.3, -0.25) is 9.59 Å². The van der Waals surface area contributed by atoms with Crippen LogP contribution in [0.5, 0.6) is 0 Å². The van der Waals surface area contributed by atoms with Crippen LogP contribution in [-0.2, 0) is 39.9 Å². The molecule has 41 heavy (non-hydrogen) atoms. The van der Waals surface area contributed by atoms with E-state index in [1.54, 1.807) is 56.3 Å². The number of β-lactam (4-membered cyclic amide) rings is 1. The molecule has 3 amide bonds. The van der Waals surface area contributed by atoms with E-state index in [9.17, 15) is 24.0 Å². The predicted octanol–water partition coefficient (Wildman–Crippen LogP) is 3.25. The molecular formula is C27H28IN3O9S. The number of amides is 3. The third kappa shape index (κ3) is 7.22. The number of halogens is 1. The van der Waals surface area contributed by atoms with Crippen molar-refractivity contribution in [2.24, 2.45) is 0 Å². The minimum absolute atomic E-state index is 0.0155. The molecule has 12 nitrogen and oxygen atoms in total. The molecule has 2 aliphatic rings. The largest absolute Gasteiger partial charge is 0.511 e. The van der Waals surface area contributed by atoms with Crippen LogP contribution >= 0.6 is 34.4 Å². The number of hydrogen-bond acceptors (Lipinski definition) is 10. The Hall–Kier alpha value is -3.53. The molecule has 218 valence electrons. The standard InChI is InChI=1S/C27H28IN3O9S/c1-27(2)20(24(34)39-15-40-26(36)38-14-28)31-22(33)19(23(31)41-27)29-21(32)18(17-11-7-4-8-12-17)30-25(35)37-13-16-9-5-3-6-10-16/h3-12,18-20,23H,13-15H2,1-2H3,(H,29,32)(H,30,35)/t18?,19-,20+,23-/m1/s1. The van der Waals surface area contributed by atoms with E-state index in [-0.39, 0.29) is 11.2 Å². The van der Waals surface area contributed by atoms with Gasteiger partial charge in [-0.15, -0.1) is 11.8 Å². The lowest BCUT2D eigenvalue weighted by Crippen LogP contribution is -2.71. The molecule has 2 N–H and O–H groups in total. The first-order valence-electron chi connectivity index (χ1n) is 12.5. The molecule has 1 unspecified atom stereocenters. The summed E-state index contributed by atoms with van der Waals surface area (Å²) in [5.74, 6) is -1.85. The summed E-state index contributed by atoms with van der Waals surface area (Å²) < 4.78 is 19.0. The molecule has 0 aliphatic carbocycles. The Kier molecular flexibility index (Phi) is 9.96. The van der Waals surface area contributed by atoms with E-state index in [4.69, 9.17) is 9.47 Å². The number of fused-ring (bicyclic) bond motifs is 1. The van der Waals surface area contributed by atoms with Crippen LogP contribution in [0.1, 0.15) is 31.0 Å². The van der Waals surface area contributed by atoms with Gasteiger partial charge in [0.2, 0.25) is 18.6 Å². The summed E-state index contributed by atoms with van der Waals surface area (Å²) in [7, 11) is 0. The van der Waals surface area contributed by atoms with Crippen molar-refractivity contribution in [1.82, 2.24) is 15.5 Å². The lowest BCUT2D eigenvalue weighted by molar-refractivity contribution is -0.170. The van der Waals surface area contributed by atoms with Gasteiger partial charge in [0.1, 0.15) is 34.7 Å². The summed E-state index contributed by atoms with van der Waals surface area (Å²) >= 11 is 3.14. The maximum Gasteiger partial charge on any atom is 0.511 e. The maximum atomic E-state index is 13.4. The zero-order chi connectivity index (χ0) is 29.6. The van der Waals surface area contributed by atoms with Crippen molar-refractivity contribution in [2.45, 2.75) is 48.7 Å². The summed E-state index contributed by atoms with van der Waals surface area (Å²) in [5.41, 5.74) is 1.27. The van der Waals surface area contributed by atoms with E-state index in [0.717, 1.165) is 5.56 Å². The maximum absolute atomic E-state index is 13.4. The number of thioether (sulfide) groups is 1. The van der Waals surface area contributed by atoms with E-state index in [2.05, 4.69) is 20.1 Å². The van der Waals surface area contributed by atoms with Crippen molar-refractivity contribution in [3.05, 3.63) is 71.8 Å². The molecule has 0 bridgehead atoms. The number of alkyl halides is 1. The predicted molar refractivity (Wildman–Crippen MR) is 154 cm³/mol. The molecule has 4 rings (SSSR count). The smallest absolute Gasteiger partial charge is 0.445 e. The Morgan fingerprint density at radius 1 is 0.976 bits per heavy atom.